The first-order valence-electron chi connectivity index (χ1n) is 7.76. The second-order valence-electron chi connectivity index (χ2n) is 5.93. The molecule has 0 fully saturated rings. The van der Waals surface area contributed by atoms with Crippen LogP contribution in [0.25, 0.3) is 0 Å². The molecule has 1 rings (SSSR count). The molecule has 0 aliphatic carbocycles. The van der Waals surface area contributed by atoms with Crippen LogP contribution < -0.4 is 10.6 Å². The first-order valence-corrected chi connectivity index (χ1v) is 7.76. The highest BCUT2D eigenvalue weighted by atomic mass is 16.5. The first-order chi connectivity index (χ1) is 11.3. The van der Waals surface area contributed by atoms with E-state index in [1.807, 2.05) is 30.3 Å². The Balaban J connectivity index is 2.50. The van der Waals surface area contributed by atoms with Gasteiger partial charge in [-0.25, -0.2) is 4.79 Å². The van der Waals surface area contributed by atoms with Gasteiger partial charge in [0.1, 0.15) is 12.6 Å². The van der Waals surface area contributed by atoms with Gasteiger partial charge in [-0.2, -0.15) is 0 Å². The third-order valence-electron chi connectivity index (χ3n) is 3.35. The number of nitrogens with zero attached hydrogens (tertiary/aromatic N) is 1. The molecular formula is C17H25N3O4. The Labute approximate surface area is 142 Å². The Morgan fingerprint density at radius 3 is 2.29 bits per heavy atom. The van der Waals surface area contributed by atoms with Crippen LogP contribution in [0, 0.1) is 5.92 Å². The fourth-order valence-corrected chi connectivity index (χ4v) is 1.86. The maximum absolute atomic E-state index is 12.2. The molecule has 0 radical (unpaired) electrons. The summed E-state index contributed by atoms with van der Waals surface area (Å²) in [6, 6.07) is 8.48. The van der Waals surface area contributed by atoms with Gasteiger partial charge in [0, 0.05) is 14.1 Å². The van der Waals surface area contributed by atoms with Crippen LogP contribution in [0.1, 0.15) is 19.4 Å². The minimum absolute atomic E-state index is 0.115. The van der Waals surface area contributed by atoms with Crippen LogP contribution in [0.5, 0.6) is 0 Å². The molecule has 0 saturated carbocycles. The number of amides is 3. The van der Waals surface area contributed by atoms with Crippen molar-refractivity contribution in [1.29, 1.82) is 0 Å². The Morgan fingerprint density at radius 2 is 1.75 bits per heavy atom. The number of carbonyl (C=O) groups is 3. The summed E-state index contributed by atoms with van der Waals surface area (Å²) in [5.41, 5.74) is 0.856. The smallest absolute Gasteiger partial charge is 0.408 e. The lowest BCUT2D eigenvalue weighted by Gasteiger charge is -2.21. The number of carbonyl (C=O) groups excluding carboxylic acids is 3. The molecule has 1 aromatic rings. The van der Waals surface area contributed by atoms with E-state index in [4.69, 9.17) is 4.74 Å². The molecular weight excluding hydrogens is 310 g/mol. The van der Waals surface area contributed by atoms with Gasteiger partial charge in [-0.3, -0.25) is 9.59 Å². The predicted octanol–water partition coefficient (Wildman–Crippen LogP) is 1.14. The number of likely N-dealkylation sites (N-methyl/N-ethyl adjacent to an activating group) is 1. The average Bonchev–Trinajstić information content (AvgIpc) is 2.55. The third kappa shape index (κ3) is 6.68. The lowest BCUT2D eigenvalue weighted by atomic mass is 10.0. The molecule has 1 aromatic carbocycles. The average molecular weight is 335 g/mol. The maximum Gasteiger partial charge on any atom is 0.408 e. The van der Waals surface area contributed by atoms with Crippen molar-refractivity contribution in [2.75, 3.05) is 20.6 Å². The highest BCUT2D eigenvalue weighted by Crippen LogP contribution is 2.04. The molecule has 24 heavy (non-hydrogen) atoms. The van der Waals surface area contributed by atoms with Crippen LogP contribution >= 0.6 is 0 Å². The zero-order chi connectivity index (χ0) is 18.1. The van der Waals surface area contributed by atoms with Crippen LogP contribution in [0.3, 0.4) is 0 Å². The van der Waals surface area contributed by atoms with Crippen LogP contribution in [0.15, 0.2) is 30.3 Å². The van der Waals surface area contributed by atoms with E-state index in [1.165, 1.54) is 4.90 Å². The Kier molecular flexibility index (Phi) is 7.74. The summed E-state index contributed by atoms with van der Waals surface area (Å²) in [4.78, 5) is 37.0. The van der Waals surface area contributed by atoms with Crippen molar-refractivity contribution >= 4 is 17.9 Å². The normalized spacial score (nSPS) is 11.5. The van der Waals surface area contributed by atoms with Crippen molar-refractivity contribution in [3.05, 3.63) is 35.9 Å². The van der Waals surface area contributed by atoms with Gasteiger partial charge >= 0.3 is 6.09 Å². The van der Waals surface area contributed by atoms with E-state index >= 15 is 0 Å². The van der Waals surface area contributed by atoms with Crippen molar-refractivity contribution in [2.24, 2.45) is 5.92 Å². The summed E-state index contributed by atoms with van der Waals surface area (Å²) in [6.45, 7) is 3.61. The van der Waals surface area contributed by atoms with Crippen molar-refractivity contribution in [2.45, 2.75) is 26.5 Å². The Morgan fingerprint density at radius 1 is 1.12 bits per heavy atom. The third-order valence-corrected chi connectivity index (χ3v) is 3.35. The molecule has 0 bridgehead atoms. The van der Waals surface area contributed by atoms with Crippen LogP contribution in [0.4, 0.5) is 4.79 Å². The number of ether oxygens (including phenoxy) is 1. The molecule has 0 aliphatic heterocycles. The van der Waals surface area contributed by atoms with Gasteiger partial charge in [0.05, 0.1) is 6.54 Å². The highest BCUT2D eigenvalue weighted by Gasteiger charge is 2.25. The summed E-state index contributed by atoms with van der Waals surface area (Å²) in [5, 5.41) is 5.07. The fourth-order valence-electron chi connectivity index (χ4n) is 1.86. The van der Waals surface area contributed by atoms with Crippen LogP contribution in [-0.4, -0.2) is 49.5 Å². The van der Waals surface area contributed by atoms with Crippen molar-refractivity contribution in [3.63, 3.8) is 0 Å². The highest BCUT2D eigenvalue weighted by molar-refractivity contribution is 5.89. The van der Waals surface area contributed by atoms with Gasteiger partial charge in [-0.05, 0) is 11.5 Å². The number of nitrogens with one attached hydrogen (secondary N) is 2. The van der Waals surface area contributed by atoms with E-state index in [1.54, 1.807) is 27.9 Å². The summed E-state index contributed by atoms with van der Waals surface area (Å²) in [5.74, 6) is -0.793. The zero-order valence-corrected chi connectivity index (χ0v) is 14.5. The number of benzene rings is 1. The SMILES string of the molecule is CC(C)[C@H](NC(=O)OCc1ccccc1)C(=O)NCC(=O)N(C)C. The topological polar surface area (TPSA) is 87.7 Å². The molecule has 1 atom stereocenters. The molecule has 0 unspecified atom stereocenters. The molecule has 0 heterocycles. The molecule has 132 valence electrons. The second kappa shape index (κ2) is 9.54. The van der Waals surface area contributed by atoms with E-state index < -0.39 is 18.0 Å². The maximum atomic E-state index is 12.2. The van der Waals surface area contributed by atoms with E-state index in [0.717, 1.165) is 5.56 Å². The van der Waals surface area contributed by atoms with E-state index in [0.29, 0.717) is 0 Å². The number of alkyl carbamates (subject to hydrolysis) is 1. The van der Waals surface area contributed by atoms with Gasteiger partial charge in [0.15, 0.2) is 0 Å². The van der Waals surface area contributed by atoms with Gasteiger partial charge < -0.3 is 20.3 Å². The molecule has 2 N–H and O–H groups in total. The van der Waals surface area contributed by atoms with E-state index in [9.17, 15) is 14.4 Å². The lowest BCUT2D eigenvalue weighted by Crippen LogP contribution is -2.51. The van der Waals surface area contributed by atoms with Crippen molar-refractivity contribution in [1.82, 2.24) is 15.5 Å². The first kappa shape index (κ1) is 19.5. The zero-order valence-electron chi connectivity index (χ0n) is 14.5. The summed E-state index contributed by atoms with van der Waals surface area (Å²) in [6.07, 6.45) is -0.674. The molecule has 0 saturated heterocycles. The van der Waals surface area contributed by atoms with E-state index in [-0.39, 0.29) is 25.0 Å². The molecule has 7 heteroatoms. The quantitative estimate of drug-likeness (QED) is 0.782. The summed E-state index contributed by atoms with van der Waals surface area (Å²) in [7, 11) is 3.21. The number of hydrogen-bond acceptors (Lipinski definition) is 4. The fraction of sp³-hybridized carbons (Fsp3) is 0.471. The molecule has 0 aliphatic rings. The molecule has 0 aromatic heterocycles. The Bertz CT molecular complexity index is 558. The van der Waals surface area contributed by atoms with Crippen molar-refractivity contribution in [3.8, 4) is 0 Å². The van der Waals surface area contributed by atoms with Crippen molar-refractivity contribution < 1.29 is 19.1 Å². The summed E-state index contributed by atoms with van der Waals surface area (Å²) < 4.78 is 5.12. The van der Waals surface area contributed by atoms with Gasteiger partial charge in [0.25, 0.3) is 0 Å². The number of rotatable bonds is 7. The minimum atomic E-state index is -0.775. The molecule has 0 spiro atoms. The summed E-state index contributed by atoms with van der Waals surface area (Å²) >= 11 is 0. The second-order valence-corrected chi connectivity index (χ2v) is 5.93. The molecule has 7 nitrogen and oxygen atoms in total. The lowest BCUT2D eigenvalue weighted by molar-refractivity contribution is -0.131. The monoisotopic (exact) mass is 335 g/mol. The van der Waals surface area contributed by atoms with Gasteiger partial charge in [-0.15, -0.1) is 0 Å². The number of hydrogen-bond donors (Lipinski definition) is 2. The largest absolute Gasteiger partial charge is 0.445 e. The molecule has 3 amide bonds. The predicted molar refractivity (Wildman–Crippen MR) is 90.1 cm³/mol. The minimum Gasteiger partial charge on any atom is -0.445 e. The van der Waals surface area contributed by atoms with Crippen LogP contribution in [0.2, 0.25) is 0 Å². The van der Waals surface area contributed by atoms with Gasteiger partial charge in [0.2, 0.25) is 11.8 Å². The van der Waals surface area contributed by atoms with Gasteiger partial charge in [-0.1, -0.05) is 44.2 Å². The standard InChI is InChI=1S/C17H25N3O4/c1-12(2)15(16(22)18-10-14(21)20(3)4)19-17(23)24-11-13-8-6-5-7-9-13/h5-9,12,15H,10-11H2,1-4H3,(H,18,22)(H,19,23)/t15-/m0/s1. The Hall–Kier alpha value is -2.57. The van der Waals surface area contributed by atoms with E-state index in [2.05, 4.69) is 10.6 Å². The van der Waals surface area contributed by atoms with Crippen LogP contribution in [-0.2, 0) is 20.9 Å².